The molecule has 0 heteroatoms. The van der Waals surface area contributed by atoms with E-state index in [2.05, 4.69) is 13.8 Å². The first-order valence-electron chi connectivity index (χ1n) is 8.33. The van der Waals surface area contributed by atoms with Gasteiger partial charge in [-0.15, -0.1) is 0 Å². The van der Waals surface area contributed by atoms with Crippen LogP contribution in [0, 0.1) is 23.7 Å². The predicted octanol–water partition coefficient (Wildman–Crippen LogP) is 6.06. The van der Waals surface area contributed by atoms with Crippen molar-refractivity contribution in [3.63, 3.8) is 0 Å². The van der Waals surface area contributed by atoms with Crippen LogP contribution >= 0.6 is 0 Å². The normalized spacial score (nSPS) is 38.1. The molecule has 2 saturated carbocycles. The number of hydrogen-bond donors (Lipinski definition) is 0. The third-order valence-electron chi connectivity index (χ3n) is 5.22. The highest BCUT2D eigenvalue weighted by molar-refractivity contribution is 4.85. The Bertz CT molecular complexity index is 184. The molecule has 0 heterocycles. The molecule has 2 aliphatic carbocycles. The van der Waals surface area contributed by atoms with Gasteiger partial charge >= 0.3 is 0 Å². The van der Waals surface area contributed by atoms with E-state index in [1.807, 2.05) is 13.8 Å². The average Bonchev–Trinajstić information content (AvgIpc) is 2.41. The fraction of sp³-hybridized carbons (Fsp3) is 1.00. The van der Waals surface area contributed by atoms with E-state index >= 15 is 0 Å². The van der Waals surface area contributed by atoms with Crippen LogP contribution in [-0.4, -0.2) is 0 Å². The van der Waals surface area contributed by atoms with Gasteiger partial charge in [0, 0.05) is 0 Å². The summed E-state index contributed by atoms with van der Waals surface area (Å²) < 4.78 is 0. The molecule has 0 aliphatic heterocycles. The molecule has 0 aromatic rings. The monoisotopic (exact) mass is 238 g/mol. The molecule has 0 N–H and O–H groups in total. The third-order valence-corrected chi connectivity index (χ3v) is 5.22. The van der Waals surface area contributed by atoms with Crippen LogP contribution in [0.1, 0.15) is 85.5 Å². The van der Waals surface area contributed by atoms with Crippen molar-refractivity contribution in [1.29, 1.82) is 0 Å². The molecule has 17 heavy (non-hydrogen) atoms. The third kappa shape index (κ3) is 4.00. The standard InChI is InChI=1S/C15H28.C2H6/c1-3-13-9-5-7-11-15(13)14-10-6-4-8-12(14)2;1-2/h12-15H,3-11H2,1-2H3;1-2H3. The SMILES string of the molecule is CC.CCC1CCCCC1C1CCCCC1C. The summed E-state index contributed by atoms with van der Waals surface area (Å²) in [5, 5.41) is 0. The molecule has 0 saturated heterocycles. The first kappa shape index (κ1) is 15.1. The van der Waals surface area contributed by atoms with Gasteiger partial charge in [-0.1, -0.05) is 72.6 Å². The highest BCUT2D eigenvalue weighted by Crippen LogP contribution is 2.44. The van der Waals surface area contributed by atoms with Gasteiger partial charge in [0.1, 0.15) is 0 Å². The summed E-state index contributed by atoms with van der Waals surface area (Å²) in [6.07, 6.45) is 13.6. The summed E-state index contributed by atoms with van der Waals surface area (Å²) in [5.41, 5.74) is 0. The highest BCUT2D eigenvalue weighted by Gasteiger charge is 2.34. The molecular formula is C17H34. The Labute approximate surface area is 110 Å². The van der Waals surface area contributed by atoms with E-state index in [9.17, 15) is 0 Å². The van der Waals surface area contributed by atoms with Crippen LogP contribution in [0.4, 0.5) is 0 Å². The van der Waals surface area contributed by atoms with Crippen molar-refractivity contribution < 1.29 is 0 Å². The van der Waals surface area contributed by atoms with Crippen molar-refractivity contribution in [2.45, 2.75) is 85.5 Å². The molecule has 2 fully saturated rings. The second-order valence-corrected chi connectivity index (χ2v) is 6.04. The minimum atomic E-state index is 1.02. The lowest BCUT2D eigenvalue weighted by Gasteiger charge is -2.42. The van der Waals surface area contributed by atoms with Gasteiger partial charge in [0.25, 0.3) is 0 Å². The van der Waals surface area contributed by atoms with Crippen LogP contribution in [-0.2, 0) is 0 Å². The molecule has 2 aliphatic rings. The molecular weight excluding hydrogens is 204 g/mol. The van der Waals surface area contributed by atoms with E-state index in [1.165, 1.54) is 44.9 Å². The second-order valence-electron chi connectivity index (χ2n) is 6.04. The molecule has 0 amide bonds. The molecule has 0 aromatic heterocycles. The zero-order valence-electron chi connectivity index (χ0n) is 12.7. The summed E-state index contributed by atoms with van der Waals surface area (Å²) in [5.74, 6) is 4.28. The maximum Gasteiger partial charge on any atom is -0.0355 e. The molecule has 0 bridgehead atoms. The number of rotatable bonds is 2. The second kappa shape index (κ2) is 8.16. The molecule has 4 unspecified atom stereocenters. The van der Waals surface area contributed by atoms with Crippen molar-refractivity contribution in [1.82, 2.24) is 0 Å². The van der Waals surface area contributed by atoms with Crippen molar-refractivity contribution in [2.24, 2.45) is 23.7 Å². The van der Waals surface area contributed by atoms with Gasteiger partial charge in [-0.05, 0) is 36.5 Å². The summed E-state index contributed by atoms with van der Waals surface area (Å²) in [6, 6.07) is 0. The first-order chi connectivity index (χ1) is 8.33. The zero-order valence-corrected chi connectivity index (χ0v) is 12.7. The van der Waals surface area contributed by atoms with Crippen LogP contribution in [0.5, 0.6) is 0 Å². The molecule has 0 radical (unpaired) electrons. The van der Waals surface area contributed by atoms with E-state index in [4.69, 9.17) is 0 Å². The van der Waals surface area contributed by atoms with Gasteiger partial charge in [0.15, 0.2) is 0 Å². The minimum Gasteiger partial charge on any atom is -0.0683 e. The van der Waals surface area contributed by atoms with Gasteiger partial charge in [-0.25, -0.2) is 0 Å². The Morgan fingerprint density at radius 2 is 1.29 bits per heavy atom. The van der Waals surface area contributed by atoms with Crippen LogP contribution in [0.15, 0.2) is 0 Å². The highest BCUT2D eigenvalue weighted by atomic mass is 14.4. The van der Waals surface area contributed by atoms with E-state index in [0.717, 1.165) is 23.7 Å². The Morgan fingerprint density at radius 3 is 1.88 bits per heavy atom. The Hall–Kier alpha value is 0. The van der Waals surface area contributed by atoms with Crippen molar-refractivity contribution in [3.8, 4) is 0 Å². The van der Waals surface area contributed by atoms with E-state index in [1.54, 1.807) is 12.8 Å². The smallest absolute Gasteiger partial charge is 0.0355 e. The van der Waals surface area contributed by atoms with Crippen LogP contribution in [0.3, 0.4) is 0 Å². The topological polar surface area (TPSA) is 0 Å². The van der Waals surface area contributed by atoms with Crippen molar-refractivity contribution in [3.05, 3.63) is 0 Å². The average molecular weight is 238 g/mol. The van der Waals surface area contributed by atoms with Gasteiger partial charge < -0.3 is 0 Å². The quantitative estimate of drug-likeness (QED) is 0.549. The zero-order chi connectivity index (χ0) is 12.7. The van der Waals surface area contributed by atoms with Crippen molar-refractivity contribution in [2.75, 3.05) is 0 Å². The van der Waals surface area contributed by atoms with Crippen LogP contribution < -0.4 is 0 Å². The molecule has 0 nitrogen and oxygen atoms in total. The summed E-state index contributed by atoms with van der Waals surface area (Å²) in [4.78, 5) is 0. The fourth-order valence-electron chi connectivity index (χ4n) is 4.29. The molecule has 0 spiro atoms. The molecule has 102 valence electrons. The molecule has 0 aromatic carbocycles. The Balaban J connectivity index is 0.000000686. The van der Waals surface area contributed by atoms with Crippen molar-refractivity contribution >= 4 is 0 Å². The lowest BCUT2D eigenvalue weighted by atomic mass is 9.64. The maximum absolute atomic E-state index is 2.52. The van der Waals surface area contributed by atoms with Crippen LogP contribution in [0.25, 0.3) is 0 Å². The maximum atomic E-state index is 2.52. The van der Waals surface area contributed by atoms with E-state index in [-0.39, 0.29) is 0 Å². The van der Waals surface area contributed by atoms with Gasteiger partial charge in [-0.2, -0.15) is 0 Å². The minimum absolute atomic E-state index is 1.02. The van der Waals surface area contributed by atoms with Gasteiger partial charge in [0.2, 0.25) is 0 Å². The Kier molecular flexibility index (Phi) is 7.23. The summed E-state index contributed by atoms with van der Waals surface area (Å²) in [7, 11) is 0. The van der Waals surface area contributed by atoms with Crippen LogP contribution in [0.2, 0.25) is 0 Å². The van der Waals surface area contributed by atoms with E-state index in [0.29, 0.717) is 0 Å². The first-order valence-corrected chi connectivity index (χ1v) is 8.33. The fourth-order valence-corrected chi connectivity index (χ4v) is 4.29. The molecule has 4 atom stereocenters. The van der Waals surface area contributed by atoms with E-state index < -0.39 is 0 Å². The lowest BCUT2D eigenvalue weighted by molar-refractivity contribution is 0.0869. The van der Waals surface area contributed by atoms with Gasteiger partial charge in [0.05, 0.1) is 0 Å². The lowest BCUT2D eigenvalue weighted by Crippen LogP contribution is -2.32. The largest absolute Gasteiger partial charge is 0.0683 e. The number of hydrogen-bond acceptors (Lipinski definition) is 0. The molecule has 2 rings (SSSR count). The summed E-state index contributed by atoms with van der Waals surface area (Å²) in [6.45, 7) is 8.93. The summed E-state index contributed by atoms with van der Waals surface area (Å²) >= 11 is 0. The predicted molar refractivity (Wildman–Crippen MR) is 78.2 cm³/mol. The van der Waals surface area contributed by atoms with Gasteiger partial charge in [-0.3, -0.25) is 0 Å². The Morgan fingerprint density at radius 1 is 0.765 bits per heavy atom.